The quantitative estimate of drug-likeness (QED) is 0.231. The standard InChI is InChI=1S/C17H32B2O4/c1-14(13-16(20)21)17(22)23-12-10-8-6-4-2-3-5-7-9-11-15(18)19/h13,15H,2-12,18-19H2,1H3,(H,20,21)/b14-13+. The SMILES string of the molecule is BC(B)CCCCCCCCCCCOC(=O)/C(C)=C/C(=O)O. The third kappa shape index (κ3) is 15.5. The van der Waals surface area contributed by atoms with Crippen LogP contribution in [-0.2, 0) is 14.3 Å². The first-order valence-corrected chi connectivity index (χ1v) is 9.01. The third-order valence-electron chi connectivity index (χ3n) is 3.82. The first-order chi connectivity index (χ1) is 10.9. The van der Waals surface area contributed by atoms with Crippen molar-refractivity contribution in [3.05, 3.63) is 11.6 Å². The fourth-order valence-electron chi connectivity index (χ4n) is 2.41. The van der Waals surface area contributed by atoms with Crippen LogP contribution in [0.4, 0.5) is 0 Å². The molecular formula is C17H32B2O4. The van der Waals surface area contributed by atoms with E-state index in [0.29, 0.717) is 6.61 Å². The number of hydrogen-bond donors (Lipinski definition) is 1. The van der Waals surface area contributed by atoms with Crippen LogP contribution < -0.4 is 0 Å². The van der Waals surface area contributed by atoms with Crippen molar-refractivity contribution in [1.29, 1.82) is 0 Å². The molecule has 0 aromatic carbocycles. The molecule has 0 aliphatic carbocycles. The number of carbonyl (C=O) groups is 2. The molecule has 0 aliphatic rings. The zero-order valence-corrected chi connectivity index (χ0v) is 15.1. The molecule has 0 aromatic heterocycles. The van der Waals surface area contributed by atoms with E-state index in [2.05, 4.69) is 15.7 Å². The summed E-state index contributed by atoms with van der Waals surface area (Å²) in [6.07, 6.45) is 13.2. The number of hydrogen-bond acceptors (Lipinski definition) is 3. The molecule has 0 bridgehead atoms. The van der Waals surface area contributed by atoms with E-state index in [-0.39, 0.29) is 5.57 Å². The second-order valence-corrected chi connectivity index (χ2v) is 6.67. The zero-order valence-electron chi connectivity index (χ0n) is 15.1. The van der Waals surface area contributed by atoms with E-state index in [1.807, 2.05) is 0 Å². The van der Waals surface area contributed by atoms with Gasteiger partial charge in [-0.15, -0.1) is 0 Å². The minimum absolute atomic E-state index is 0.134. The van der Waals surface area contributed by atoms with Gasteiger partial charge in [-0.05, 0) is 13.3 Å². The van der Waals surface area contributed by atoms with Gasteiger partial charge in [0.1, 0.15) is 0 Å². The summed E-state index contributed by atoms with van der Waals surface area (Å²) in [4.78, 5) is 21.8. The summed E-state index contributed by atoms with van der Waals surface area (Å²) >= 11 is 0. The van der Waals surface area contributed by atoms with Crippen molar-refractivity contribution < 1.29 is 19.4 Å². The molecule has 0 aliphatic heterocycles. The lowest BCUT2D eigenvalue weighted by Gasteiger charge is -2.05. The number of rotatable bonds is 14. The monoisotopic (exact) mass is 322 g/mol. The summed E-state index contributed by atoms with van der Waals surface area (Å²) in [6, 6.07) is 0. The Labute approximate surface area is 142 Å². The van der Waals surface area contributed by atoms with Gasteiger partial charge in [0.25, 0.3) is 0 Å². The lowest BCUT2D eigenvalue weighted by Crippen LogP contribution is -2.08. The van der Waals surface area contributed by atoms with Crippen LogP contribution in [0.25, 0.3) is 0 Å². The van der Waals surface area contributed by atoms with E-state index in [1.54, 1.807) is 0 Å². The molecule has 6 heteroatoms. The van der Waals surface area contributed by atoms with Gasteiger partial charge >= 0.3 is 11.9 Å². The van der Waals surface area contributed by atoms with Gasteiger partial charge in [-0.2, -0.15) is 0 Å². The molecule has 0 aromatic rings. The summed E-state index contributed by atoms with van der Waals surface area (Å²) in [7, 11) is 4.56. The van der Waals surface area contributed by atoms with Gasteiger partial charge in [0.2, 0.25) is 0 Å². The van der Waals surface area contributed by atoms with Crippen molar-refractivity contribution >= 4 is 27.6 Å². The second kappa shape index (κ2) is 14.4. The van der Waals surface area contributed by atoms with Crippen molar-refractivity contribution in [2.24, 2.45) is 0 Å². The van der Waals surface area contributed by atoms with E-state index < -0.39 is 11.9 Å². The van der Waals surface area contributed by atoms with Crippen molar-refractivity contribution in [2.45, 2.75) is 76.8 Å². The Morgan fingerprint density at radius 1 is 0.957 bits per heavy atom. The number of carboxylic acids is 1. The van der Waals surface area contributed by atoms with Gasteiger partial charge in [0.05, 0.1) is 22.3 Å². The minimum atomic E-state index is -1.12. The number of esters is 1. The molecule has 0 radical (unpaired) electrons. The predicted molar refractivity (Wildman–Crippen MR) is 99.4 cm³/mol. The summed E-state index contributed by atoms with van der Waals surface area (Å²) < 4.78 is 5.03. The Hall–Kier alpha value is -1.19. The lowest BCUT2D eigenvalue weighted by atomic mass is 9.68. The van der Waals surface area contributed by atoms with Crippen LogP contribution in [0.3, 0.4) is 0 Å². The van der Waals surface area contributed by atoms with Crippen LogP contribution in [0, 0.1) is 0 Å². The molecule has 0 saturated heterocycles. The molecule has 0 amide bonds. The molecule has 0 rings (SSSR count). The number of carboxylic acid groups (broad SMARTS) is 1. The van der Waals surface area contributed by atoms with E-state index >= 15 is 0 Å². The van der Waals surface area contributed by atoms with E-state index in [0.717, 1.165) is 24.6 Å². The Balaban J connectivity index is 3.34. The molecule has 0 atom stereocenters. The number of ether oxygens (including phenoxy) is 1. The van der Waals surface area contributed by atoms with Gasteiger partial charge in [-0.3, -0.25) is 0 Å². The largest absolute Gasteiger partial charge is 0.478 e. The molecule has 0 saturated carbocycles. The maximum atomic E-state index is 11.4. The number of unbranched alkanes of at least 4 members (excludes halogenated alkanes) is 8. The van der Waals surface area contributed by atoms with Crippen LogP contribution in [0.15, 0.2) is 11.6 Å². The molecule has 4 nitrogen and oxygen atoms in total. The highest BCUT2D eigenvalue weighted by atomic mass is 16.5. The first kappa shape index (κ1) is 21.8. The van der Waals surface area contributed by atoms with Crippen LogP contribution >= 0.6 is 0 Å². The zero-order chi connectivity index (χ0) is 17.5. The van der Waals surface area contributed by atoms with Crippen LogP contribution in [-0.4, -0.2) is 39.3 Å². The molecule has 1 N–H and O–H groups in total. The Morgan fingerprint density at radius 3 is 1.91 bits per heavy atom. The van der Waals surface area contributed by atoms with Crippen molar-refractivity contribution in [1.82, 2.24) is 0 Å². The predicted octanol–water partition coefficient (Wildman–Crippen LogP) is 2.47. The fourth-order valence-corrected chi connectivity index (χ4v) is 2.41. The number of carbonyl (C=O) groups excluding carboxylic acids is 1. The highest BCUT2D eigenvalue weighted by Gasteiger charge is 2.06. The van der Waals surface area contributed by atoms with Crippen LogP contribution in [0.1, 0.15) is 71.1 Å². The molecule has 0 fully saturated rings. The molecular weight excluding hydrogens is 290 g/mol. The summed E-state index contributed by atoms with van der Waals surface area (Å²) in [5.74, 6) is -1.66. The Bertz CT molecular complexity index is 368. The average Bonchev–Trinajstić information content (AvgIpc) is 2.47. The van der Waals surface area contributed by atoms with E-state index in [9.17, 15) is 9.59 Å². The van der Waals surface area contributed by atoms with Gasteiger partial charge in [0, 0.05) is 11.6 Å². The normalized spacial score (nSPS) is 11.7. The minimum Gasteiger partial charge on any atom is -0.478 e. The summed E-state index contributed by atoms with van der Waals surface area (Å²) in [5, 5.41) is 8.53. The maximum Gasteiger partial charge on any atom is 0.333 e. The molecule has 23 heavy (non-hydrogen) atoms. The van der Waals surface area contributed by atoms with Gasteiger partial charge in [-0.25, -0.2) is 9.59 Å². The summed E-state index contributed by atoms with van der Waals surface area (Å²) in [5.41, 5.74) is 0.961. The fraction of sp³-hybridized carbons (Fsp3) is 0.765. The average molecular weight is 322 g/mol. The highest BCUT2D eigenvalue weighted by Crippen LogP contribution is 2.13. The van der Waals surface area contributed by atoms with E-state index in [1.165, 1.54) is 58.3 Å². The lowest BCUT2D eigenvalue weighted by molar-refractivity contribution is -0.140. The van der Waals surface area contributed by atoms with Gasteiger partial charge in [-0.1, -0.05) is 63.5 Å². The van der Waals surface area contributed by atoms with Crippen LogP contribution in [0.2, 0.25) is 5.72 Å². The second-order valence-electron chi connectivity index (χ2n) is 6.67. The smallest absolute Gasteiger partial charge is 0.333 e. The highest BCUT2D eigenvalue weighted by molar-refractivity contribution is 6.35. The maximum absolute atomic E-state index is 11.4. The Morgan fingerprint density at radius 2 is 1.43 bits per heavy atom. The van der Waals surface area contributed by atoms with Crippen molar-refractivity contribution in [3.63, 3.8) is 0 Å². The molecule has 0 heterocycles. The molecule has 0 unspecified atom stereocenters. The van der Waals surface area contributed by atoms with Gasteiger partial charge in [0.15, 0.2) is 0 Å². The van der Waals surface area contributed by atoms with Crippen molar-refractivity contribution in [3.8, 4) is 0 Å². The summed E-state index contributed by atoms with van der Waals surface area (Å²) in [6.45, 7) is 1.83. The Kier molecular flexibility index (Phi) is 13.7. The van der Waals surface area contributed by atoms with Gasteiger partial charge < -0.3 is 9.84 Å². The molecule has 0 spiro atoms. The topological polar surface area (TPSA) is 63.6 Å². The molecule has 130 valence electrons. The van der Waals surface area contributed by atoms with Crippen LogP contribution in [0.5, 0.6) is 0 Å². The third-order valence-corrected chi connectivity index (χ3v) is 3.82. The first-order valence-electron chi connectivity index (χ1n) is 9.01. The number of aliphatic carboxylic acids is 1. The van der Waals surface area contributed by atoms with E-state index in [4.69, 9.17) is 9.84 Å². The van der Waals surface area contributed by atoms with Crippen molar-refractivity contribution in [2.75, 3.05) is 6.61 Å².